The maximum Gasteiger partial charge on any atom is 0.0234 e. The Morgan fingerprint density at radius 3 is 2.00 bits per heavy atom. The van der Waals surface area contributed by atoms with Gasteiger partial charge < -0.3 is 4.90 Å². The number of nitrogens with zero attached hydrogens (tertiary/aromatic N) is 2. The quantitative estimate of drug-likeness (QED) is 0.737. The summed E-state index contributed by atoms with van der Waals surface area (Å²) in [5.74, 6) is 5.36. The maximum absolute atomic E-state index is 2.68. The molecule has 0 atom stereocenters. The van der Waals surface area contributed by atoms with Crippen molar-refractivity contribution in [1.82, 2.24) is 9.80 Å². The molecule has 0 aromatic heterocycles. The van der Waals surface area contributed by atoms with Crippen molar-refractivity contribution in [1.29, 1.82) is 0 Å². The van der Waals surface area contributed by atoms with E-state index >= 15 is 0 Å². The second-order valence-corrected chi connectivity index (χ2v) is 4.57. The molecule has 0 bridgehead atoms. The minimum atomic E-state index is 1.11. The molecule has 0 amide bonds. The molecule has 0 N–H and O–H groups in total. The van der Waals surface area contributed by atoms with E-state index in [-0.39, 0.29) is 0 Å². The van der Waals surface area contributed by atoms with Gasteiger partial charge in [0.1, 0.15) is 0 Å². The Balaban J connectivity index is 0.000000357. The third kappa shape index (κ3) is 5.86. The lowest BCUT2D eigenvalue weighted by Gasteiger charge is -2.32. The first-order valence-corrected chi connectivity index (χ1v) is 6.54. The molecular weight excluding hydrogens is 220 g/mol. The van der Waals surface area contributed by atoms with Crippen molar-refractivity contribution in [3.8, 4) is 11.8 Å². The van der Waals surface area contributed by atoms with E-state index in [1.807, 2.05) is 13.8 Å². The van der Waals surface area contributed by atoms with Crippen LogP contribution in [0.15, 0.2) is 30.3 Å². The van der Waals surface area contributed by atoms with E-state index < -0.39 is 0 Å². The first-order valence-electron chi connectivity index (χ1n) is 6.54. The molecule has 0 unspecified atom stereocenters. The molecule has 1 aromatic carbocycles. The van der Waals surface area contributed by atoms with E-state index in [4.69, 9.17) is 0 Å². The molecule has 0 radical (unpaired) electrons. The Bertz CT molecular complexity index is 361. The maximum atomic E-state index is 2.68. The lowest BCUT2D eigenvalue weighted by atomic mass is 10.2. The Labute approximate surface area is 112 Å². The van der Waals surface area contributed by atoms with Crippen LogP contribution in [0.25, 0.3) is 0 Å². The van der Waals surface area contributed by atoms with E-state index in [1.54, 1.807) is 0 Å². The van der Waals surface area contributed by atoms with Crippen LogP contribution in [0.3, 0.4) is 0 Å². The minimum absolute atomic E-state index is 1.11. The molecular formula is C16H24N2. The lowest BCUT2D eigenvalue weighted by molar-refractivity contribution is 0.148. The Kier molecular flexibility index (Phi) is 7.17. The van der Waals surface area contributed by atoms with Crippen molar-refractivity contribution in [2.45, 2.75) is 20.4 Å². The Hall–Kier alpha value is -1.30. The predicted molar refractivity (Wildman–Crippen MR) is 78.3 cm³/mol. The number of hydrogen-bond donors (Lipinski definition) is 0. The first kappa shape index (κ1) is 14.8. The average molecular weight is 244 g/mol. The van der Waals surface area contributed by atoms with Gasteiger partial charge in [0.05, 0.1) is 0 Å². The fourth-order valence-corrected chi connectivity index (χ4v) is 1.85. The first-order chi connectivity index (χ1) is 8.76. The SMILES string of the molecule is CC#CC.CN1CCN(Cc2ccccc2)CC1. The van der Waals surface area contributed by atoms with Crippen molar-refractivity contribution < 1.29 is 0 Å². The van der Waals surface area contributed by atoms with Gasteiger partial charge in [-0.25, -0.2) is 0 Å². The molecule has 18 heavy (non-hydrogen) atoms. The molecule has 0 saturated carbocycles. The highest BCUT2D eigenvalue weighted by Crippen LogP contribution is 2.06. The summed E-state index contributed by atoms with van der Waals surface area (Å²) in [4.78, 5) is 4.91. The Morgan fingerprint density at radius 2 is 1.50 bits per heavy atom. The molecule has 1 fully saturated rings. The summed E-state index contributed by atoms with van der Waals surface area (Å²) < 4.78 is 0. The highest BCUT2D eigenvalue weighted by Gasteiger charge is 2.13. The van der Waals surface area contributed by atoms with Gasteiger partial charge in [0.2, 0.25) is 0 Å². The third-order valence-electron chi connectivity index (χ3n) is 3.09. The minimum Gasteiger partial charge on any atom is -0.304 e. The van der Waals surface area contributed by atoms with Gasteiger partial charge in [0.15, 0.2) is 0 Å². The zero-order chi connectivity index (χ0) is 13.2. The van der Waals surface area contributed by atoms with Gasteiger partial charge in [-0.15, -0.1) is 11.8 Å². The summed E-state index contributed by atoms with van der Waals surface area (Å²) in [7, 11) is 2.19. The van der Waals surface area contributed by atoms with Crippen molar-refractivity contribution in [2.24, 2.45) is 0 Å². The van der Waals surface area contributed by atoms with Gasteiger partial charge in [-0.3, -0.25) is 4.90 Å². The largest absolute Gasteiger partial charge is 0.304 e. The molecule has 1 saturated heterocycles. The zero-order valence-electron chi connectivity index (χ0n) is 11.8. The summed E-state index contributed by atoms with van der Waals surface area (Å²) in [5.41, 5.74) is 1.43. The molecule has 0 aliphatic carbocycles. The van der Waals surface area contributed by atoms with Crippen LogP contribution in [0.4, 0.5) is 0 Å². The monoisotopic (exact) mass is 244 g/mol. The fourth-order valence-electron chi connectivity index (χ4n) is 1.85. The van der Waals surface area contributed by atoms with E-state index in [0.29, 0.717) is 0 Å². The van der Waals surface area contributed by atoms with E-state index in [2.05, 4.69) is 59.0 Å². The van der Waals surface area contributed by atoms with Gasteiger partial charge in [-0.1, -0.05) is 30.3 Å². The Morgan fingerprint density at radius 1 is 0.944 bits per heavy atom. The second-order valence-electron chi connectivity index (χ2n) is 4.57. The standard InChI is InChI=1S/C12H18N2.C4H6/c1-13-7-9-14(10-8-13)11-12-5-3-2-4-6-12;1-3-4-2/h2-6H,7-11H2,1H3;1-2H3. The summed E-state index contributed by atoms with van der Waals surface area (Å²) in [6.45, 7) is 9.55. The molecule has 1 aliphatic rings. The highest BCUT2D eigenvalue weighted by atomic mass is 15.2. The summed E-state index contributed by atoms with van der Waals surface area (Å²) in [5, 5.41) is 0. The number of hydrogen-bond acceptors (Lipinski definition) is 2. The van der Waals surface area contributed by atoms with Gasteiger partial charge in [-0.2, -0.15) is 0 Å². The molecule has 1 heterocycles. The van der Waals surface area contributed by atoms with Crippen molar-refractivity contribution in [3.05, 3.63) is 35.9 Å². The lowest BCUT2D eigenvalue weighted by Crippen LogP contribution is -2.43. The van der Waals surface area contributed by atoms with Crippen LogP contribution in [0.2, 0.25) is 0 Å². The summed E-state index contributed by atoms with van der Waals surface area (Å²) in [6.07, 6.45) is 0. The summed E-state index contributed by atoms with van der Waals surface area (Å²) in [6, 6.07) is 10.7. The number of rotatable bonds is 2. The molecule has 98 valence electrons. The van der Waals surface area contributed by atoms with Crippen LogP contribution in [0.5, 0.6) is 0 Å². The van der Waals surface area contributed by atoms with Crippen LogP contribution in [-0.2, 0) is 6.54 Å². The third-order valence-corrected chi connectivity index (χ3v) is 3.09. The number of piperazine rings is 1. The van der Waals surface area contributed by atoms with Gasteiger partial charge in [0.25, 0.3) is 0 Å². The van der Waals surface area contributed by atoms with Gasteiger partial charge in [0, 0.05) is 32.7 Å². The van der Waals surface area contributed by atoms with Crippen molar-refractivity contribution in [3.63, 3.8) is 0 Å². The zero-order valence-corrected chi connectivity index (χ0v) is 11.8. The van der Waals surface area contributed by atoms with Gasteiger partial charge in [-0.05, 0) is 26.5 Å². The topological polar surface area (TPSA) is 6.48 Å². The van der Waals surface area contributed by atoms with E-state index in [1.165, 1.54) is 31.7 Å². The number of likely N-dealkylation sites (N-methyl/N-ethyl adjacent to an activating group) is 1. The second kappa shape index (κ2) is 8.74. The molecule has 2 rings (SSSR count). The highest BCUT2D eigenvalue weighted by molar-refractivity contribution is 5.14. The van der Waals surface area contributed by atoms with Gasteiger partial charge >= 0.3 is 0 Å². The number of benzene rings is 1. The van der Waals surface area contributed by atoms with E-state index in [9.17, 15) is 0 Å². The fraction of sp³-hybridized carbons (Fsp3) is 0.500. The normalized spacial score (nSPS) is 16.2. The van der Waals surface area contributed by atoms with Crippen molar-refractivity contribution in [2.75, 3.05) is 33.2 Å². The van der Waals surface area contributed by atoms with Crippen LogP contribution >= 0.6 is 0 Å². The van der Waals surface area contributed by atoms with Crippen molar-refractivity contribution >= 4 is 0 Å². The molecule has 2 heteroatoms. The van der Waals surface area contributed by atoms with Crippen LogP contribution in [-0.4, -0.2) is 43.0 Å². The van der Waals surface area contributed by atoms with Crippen LogP contribution < -0.4 is 0 Å². The summed E-state index contributed by atoms with van der Waals surface area (Å²) >= 11 is 0. The average Bonchev–Trinajstić information content (AvgIpc) is 2.43. The molecule has 0 spiro atoms. The smallest absolute Gasteiger partial charge is 0.0234 e. The molecule has 1 aliphatic heterocycles. The predicted octanol–water partition coefficient (Wildman–Crippen LogP) is 2.46. The van der Waals surface area contributed by atoms with Crippen LogP contribution in [0.1, 0.15) is 19.4 Å². The molecule has 1 aromatic rings. The van der Waals surface area contributed by atoms with Crippen LogP contribution in [0, 0.1) is 11.8 Å². The molecule has 2 nitrogen and oxygen atoms in total. The van der Waals surface area contributed by atoms with E-state index in [0.717, 1.165) is 6.54 Å².